The van der Waals surface area contributed by atoms with Gasteiger partial charge in [-0.1, -0.05) is 23.4 Å². The number of sulfonamides is 1. The molecule has 156 valence electrons. The van der Waals surface area contributed by atoms with E-state index >= 15 is 0 Å². The number of aryl methyl sites for hydroxylation is 3. The highest BCUT2D eigenvalue weighted by Gasteiger charge is 2.35. The summed E-state index contributed by atoms with van der Waals surface area (Å²) in [7, 11) is -3.72. The van der Waals surface area contributed by atoms with E-state index in [9.17, 15) is 18.0 Å². The van der Waals surface area contributed by atoms with Gasteiger partial charge in [0.25, 0.3) is 5.91 Å². The molecule has 29 heavy (non-hydrogen) atoms. The largest absolute Gasteiger partial charge is 0.360 e. The molecule has 0 atom stereocenters. The van der Waals surface area contributed by atoms with Crippen LogP contribution in [0.15, 0.2) is 33.7 Å². The monoisotopic (exact) mass is 420 g/mol. The van der Waals surface area contributed by atoms with E-state index in [2.05, 4.69) is 16.0 Å². The highest BCUT2D eigenvalue weighted by molar-refractivity contribution is 7.89. The first-order valence-electron chi connectivity index (χ1n) is 9.30. The summed E-state index contributed by atoms with van der Waals surface area (Å²) in [5.41, 5.74) is 6.47. The Bertz CT molecular complexity index is 1000. The third-order valence-corrected chi connectivity index (χ3v) is 7.22. The van der Waals surface area contributed by atoms with Crippen LogP contribution in [0.4, 0.5) is 0 Å². The van der Waals surface area contributed by atoms with Crippen LogP contribution in [-0.2, 0) is 14.8 Å². The van der Waals surface area contributed by atoms with Crippen molar-refractivity contribution in [3.63, 3.8) is 0 Å². The molecule has 9 nitrogen and oxygen atoms in total. The molecule has 0 saturated carbocycles. The second-order valence-electron chi connectivity index (χ2n) is 7.09. The normalized spacial score (nSPS) is 15.8. The Balaban J connectivity index is 1.56. The van der Waals surface area contributed by atoms with Crippen molar-refractivity contribution in [3.8, 4) is 0 Å². The maximum atomic E-state index is 12.8. The van der Waals surface area contributed by atoms with Gasteiger partial charge < -0.3 is 4.52 Å². The van der Waals surface area contributed by atoms with Gasteiger partial charge in [0.15, 0.2) is 5.76 Å². The molecule has 1 aromatic carbocycles. The fraction of sp³-hybridized carbons (Fsp3) is 0.421. The van der Waals surface area contributed by atoms with E-state index in [0.717, 1.165) is 5.56 Å². The Labute approximate surface area is 169 Å². The van der Waals surface area contributed by atoms with E-state index < -0.39 is 15.9 Å². The van der Waals surface area contributed by atoms with Gasteiger partial charge in [0, 0.05) is 24.6 Å². The molecule has 1 aliphatic rings. The van der Waals surface area contributed by atoms with Crippen molar-refractivity contribution in [1.29, 1.82) is 0 Å². The number of carbonyl (C=O) groups excluding carboxylic acids is 2. The first-order chi connectivity index (χ1) is 13.7. The van der Waals surface area contributed by atoms with E-state index in [0.29, 0.717) is 24.1 Å². The van der Waals surface area contributed by atoms with E-state index in [1.165, 1.54) is 4.31 Å². The average Bonchev–Trinajstić information content (AvgIpc) is 3.05. The molecular weight excluding hydrogens is 396 g/mol. The van der Waals surface area contributed by atoms with E-state index in [1.807, 2.05) is 19.1 Å². The van der Waals surface area contributed by atoms with Gasteiger partial charge in [-0.15, -0.1) is 0 Å². The number of aromatic nitrogens is 1. The molecule has 0 aliphatic carbocycles. The number of piperidine rings is 1. The molecule has 1 fully saturated rings. The SMILES string of the molecule is Cc1ccccc1C(=O)NNC(=O)C1CCN(S(=O)(=O)c2c(C)noc2C)CC1. The van der Waals surface area contributed by atoms with Crippen molar-refractivity contribution in [2.75, 3.05) is 13.1 Å². The molecule has 0 radical (unpaired) electrons. The predicted molar refractivity (Wildman–Crippen MR) is 104 cm³/mol. The van der Waals surface area contributed by atoms with Gasteiger partial charge in [0.1, 0.15) is 10.6 Å². The maximum absolute atomic E-state index is 12.8. The molecule has 2 N–H and O–H groups in total. The molecule has 1 saturated heterocycles. The topological polar surface area (TPSA) is 122 Å². The molecule has 2 aromatic rings. The van der Waals surface area contributed by atoms with Crippen LogP contribution in [0.5, 0.6) is 0 Å². The standard InChI is InChI=1S/C19H24N4O5S/c1-12-6-4-5-7-16(12)19(25)21-20-18(24)15-8-10-23(11-9-15)29(26,27)17-13(2)22-28-14(17)3/h4-7,15H,8-11H2,1-3H3,(H,20,24)(H,21,25). The van der Waals surface area contributed by atoms with Gasteiger partial charge in [-0.3, -0.25) is 20.4 Å². The Morgan fingerprint density at radius 1 is 1.10 bits per heavy atom. The number of carbonyl (C=O) groups is 2. The molecule has 0 bridgehead atoms. The molecular formula is C19H24N4O5S. The van der Waals surface area contributed by atoms with Crippen molar-refractivity contribution in [1.82, 2.24) is 20.3 Å². The average molecular weight is 420 g/mol. The molecule has 0 unspecified atom stereocenters. The molecule has 1 aliphatic heterocycles. The Morgan fingerprint density at radius 2 is 1.76 bits per heavy atom. The summed E-state index contributed by atoms with van der Waals surface area (Å²) < 4.78 is 32.0. The summed E-state index contributed by atoms with van der Waals surface area (Å²) in [6.45, 7) is 5.36. The minimum absolute atomic E-state index is 0.0888. The molecule has 0 spiro atoms. The summed E-state index contributed by atoms with van der Waals surface area (Å²) in [4.78, 5) is 24.7. The van der Waals surface area contributed by atoms with Gasteiger partial charge in [0.05, 0.1) is 0 Å². The van der Waals surface area contributed by atoms with Crippen LogP contribution >= 0.6 is 0 Å². The predicted octanol–water partition coefficient (Wildman–Crippen LogP) is 1.46. The van der Waals surface area contributed by atoms with Crippen molar-refractivity contribution in [2.24, 2.45) is 5.92 Å². The molecule has 1 aromatic heterocycles. The highest BCUT2D eigenvalue weighted by atomic mass is 32.2. The van der Waals surface area contributed by atoms with Crippen LogP contribution in [0.1, 0.15) is 40.2 Å². The third kappa shape index (κ3) is 4.33. The zero-order chi connectivity index (χ0) is 21.2. The minimum Gasteiger partial charge on any atom is -0.360 e. The van der Waals surface area contributed by atoms with Gasteiger partial charge in [-0.2, -0.15) is 4.31 Å². The fourth-order valence-corrected chi connectivity index (χ4v) is 5.21. The van der Waals surface area contributed by atoms with E-state index in [4.69, 9.17) is 4.52 Å². The first-order valence-corrected chi connectivity index (χ1v) is 10.7. The van der Waals surface area contributed by atoms with Gasteiger partial charge in [-0.05, 0) is 45.2 Å². The van der Waals surface area contributed by atoms with Crippen LogP contribution in [0.2, 0.25) is 0 Å². The van der Waals surface area contributed by atoms with Crippen LogP contribution in [0.25, 0.3) is 0 Å². The number of nitrogens with one attached hydrogen (secondary N) is 2. The number of hydrogen-bond donors (Lipinski definition) is 2. The Hall–Kier alpha value is -2.72. The zero-order valence-corrected chi connectivity index (χ0v) is 17.4. The number of hydrazine groups is 1. The maximum Gasteiger partial charge on any atom is 0.269 e. The fourth-order valence-electron chi connectivity index (χ4n) is 3.45. The summed E-state index contributed by atoms with van der Waals surface area (Å²) in [6.07, 6.45) is 0.712. The summed E-state index contributed by atoms with van der Waals surface area (Å²) in [5.74, 6) is -0.860. The number of nitrogens with zero attached hydrogens (tertiary/aromatic N) is 2. The Kier molecular flexibility index (Phi) is 6.04. The number of amides is 2. The molecule has 2 heterocycles. The number of rotatable bonds is 4. The van der Waals surface area contributed by atoms with Crippen LogP contribution in [-0.4, -0.2) is 42.8 Å². The smallest absolute Gasteiger partial charge is 0.269 e. The van der Waals surface area contributed by atoms with Crippen molar-refractivity contribution in [2.45, 2.75) is 38.5 Å². The van der Waals surface area contributed by atoms with E-state index in [1.54, 1.807) is 26.0 Å². The Morgan fingerprint density at radius 3 is 2.34 bits per heavy atom. The van der Waals surface area contributed by atoms with Crippen LogP contribution < -0.4 is 10.9 Å². The lowest BCUT2D eigenvalue weighted by molar-refractivity contribution is -0.126. The third-order valence-electron chi connectivity index (χ3n) is 5.08. The summed E-state index contributed by atoms with van der Waals surface area (Å²) in [5, 5.41) is 3.71. The first kappa shape index (κ1) is 21.0. The van der Waals surface area contributed by atoms with Crippen molar-refractivity contribution < 1.29 is 22.5 Å². The van der Waals surface area contributed by atoms with Crippen molar-refractivity contribution in [3.05, 3.63) is 46.8 Å². The molecule has 2 amide bonds. The second kappa shape index (κ2) is 8.34. The van der Waals surface area contributed by atoms with Crippen molar-refractivity contribution >= 4 is 21.8 Å². The second-order valence-corrected chi connectivity index (χ2v) is 8.96. The van der Waals surface area contributed by atoms with Crippen LogP contribution in [0, 0.1) is 26.7 Å². The van der Waals surface area contributed by atoms with E-state index in [-0.39, 0.29) is 35.6 Å². The molecule has 10 heteroatoms. The lowest BCUT2D eigenvalue weighted by atomic mass is 9.97. The number of benzene rings is 1. The summed E-state index contributed by atoms with van der Waals surface area (Å²) in [6, 6.07) is 7.06. The quantitative estimate of drug-likeness (QED) is 0.722. The molecule has 3 rings (SSSR count). The highest BCUT2D eigenvalue weighted by Crippen LogP contribution is 2.27. The van der Waals surface area contributed by atoms with Gasteiger partial charge >= 0.3 is 0 Å². The number of hydrogen-bond acceptors (Lipinski definition) is 6. The van der Waals surface area contributed by atoms with Gasteiger partial charge in [-0.25, -0.2) is 8.42 Å². The zero-order valence-electron chi connectivity index (χ0n) is 16.6. The lowest BCUT2D eigenvalue weighted by Gasteiger charge is -2.30. The van der Waals surface area contributed by atoms with Gasteiger partial charge in [0.2, 0.25) is 15.9 Å². The minimum atomic E-state index is -3.72. The lowest BCUT2D eigenvalue weighted by Crippen LogP contribution is -2.48. The summed E-state index contributed by atoms with van der Waals surface area (Å²) >= 11 is 0. The van der Waals surface area contributed by atoms with Crippen LogP contribution in [0.3, 0.4) is 0 Å².